The predicted octanol–water partition coefficient (Wildman–Crippen LogP) is 0.203. The topological polar surface area (TPSA) is 202 Å². The van der Waals surface area contributed by atoms with Gasteiger partial charge in [0.15, 0.2) is 6.29 Å². The van der Waals surface area contributed by atoms with Crippen LogP contribution in [0.1, 0.15) is 78.1 Å². The highest BCUT2D eigenvalue weighted by Crippen LogP contribution is 2.37. The van der Waals surface area contributed by atoms with E-state index in [0.717, 1.165) is 25.7 Å². The molecule has 0 amide bonds. The number of unbranched alkanes of at least 4 members (excludes halogenated alkanes) is 8. The smallest absolute Gasteiger partial charge is 0.333 e. The number of hydrogen-bond donors (Lipinski definition) is 6. The number of aliphatic hydroxyl groups is 6. The van der Waals surface area contributed by atoms with Gasteiger partial charge in [-0.25, -0.2) is 4.79 Å². The molecular formula is C28H48O13. The molecule has 0 aromatic heterocycles. The summed E-state index contributed by atoms with van der Waals surface area (Å²) in [5.41, 5.74) is 0.0901. The standard InChI is InChI=1S/C28H48O13/c1-4-5-6-7-8-9-10-11-12-13-20(30)38-16-28(41-27-24(34)23(33)21(31)18(14-29)39-27)25(35)22(32)19(40-28)15-37-26(36)17(2)3/h18-19,21-25,27,29,31-35H,2,4-16H2,1,3H3/t18-,19-,21-,22-,23+,24-,25+,27-,28+/m1/s1. The van der Waals surface area contributed by atoms with E-state index in [2.05, 4.69) is 13.5 Å². The molecule has 0 saturated carbocycles. The first-order valence-electron chi connectivity index (χ1n) is 14.5. The summed E-state index contributed by atoms with van der Waals surface area (Å²) in [5, 5.41) is 61.7. The van der Waals surface area contributed by atoms with Crippen LogP contribution in [0.15, 0.2) is 12.2 Å². The van der Waals surface area contributed by atoms with Gasteiger partial charge in [-0.2, -0.15) is 0 Å². The third-order valence-corrected chi connectivity index (χ3v) is 7.32. The molecule has 0 aromatic carbocycles. The van der Waals surface area contributed by atoms with Crippen LogP contribution in [0.25, 0.3) is 0 Å². The molecule has 2 aliphatic heterocycles. The fourth-order valence-electron chi connectivity index (χ4n) is 4.72. The minimum atomic E-state index is -2.32. The molecule has 41 heavy (non-hydrogen) atoms. The van der Waals surface area contributed by atoms with E-state index in [1.165, 1.54) is 32.6 Å². The summed E-state index contributed by atoms with van der Waals surface area (Å²) in [6.07, 6.45) is -3.75. The van der Waals surface area contributed by atoms with Crippen molar-refractivity contribution in [2.45, 2.75) is 133 Å². The molecule has 238 valence electrons. The Kier molecular flexibility index (Phi) is 15.1. The number of carbonyl (C=O) groups is 2. The van der Waals surface area contributed by atoms with Crippen LogP contribution in [0.3, 0.4) is 0 Å². The van der Waals surface area contributed by atoms with E-state index in [4.69, 9.17) is 23.7 Å². The van der Waals surface area contributed by atoms with Gasteiger partial charge in [0, 0.05) is 12.0 Å². The molecule has 13 nitrogen and oxygen atoms in total. The summed E-state index contributed by atoms with van der Waals surface area (Å²) in [6.45, 7) is 5.05. The third kappa shape index (κ3) is 10.2. The Morgan fingerprint density at radius 1 is 0.829 bits per heavy atom. The predicted molar refractivity (Wildman–Crippen MR) is 143 cm³/mol. The maximum absolute atomic E-state index is 12.5. The summed E-state index contributed by atoms with van der Waals surface area (Å²) < 4.78 is 27.1. The molecule has 2 rings (SSSR count). The number of carbonyl (C=O) groups excluding carboxylic acids is 2. The molecule has 0 spiro atoms. The lowest BCUT2D eigenvalue weighted by Gasteiger charge is -2.43. The van der Waals surface area contributed by atoms with E-state index in [-0.39, 0.29) is 12.0 Å². The zero-order chi connectivity index (χ0) is 30.6. The second-order valence-corrected chi connectivity index (χ2v) is 10.8. The molecule has 9 atom stereocenters. The van der Waals surface area contributed by atoms with Gasteiger partial charge in [-0.15, -0.1) is 0 Å². The summed E-state index contributed by atoms with van der Waals surface area (Å²) in [5.74, 6) is -3.70. The van der Waals surface area contributed by atoms with Gasteiger partial charge in [0.25, 0.3) is 0 Å². The van der Waals surface area contributed by atoms with Gasteiger partial charge in [0.1, 0.15) is 55.9 Å². The Morgan fingerprint density at radius 2 is 1.44 bits per heavy atom. The van der Waals surface area contributed by atoms with Crippen molar-refractivity contribution in [2.24, 2.45) is 0 Å². The van der Waals surface area contributed by atoms with Gasteiger partial charge in [-0.1, -0.05) is 64.9 Å². The molecule has 0 aromatic rings. The van der Waals surface area contributed by atoms with Crippen LogP contribution < -0.4 is 0 Å². The van der Waals surface area contributed by atoms with E-state index in [1.54, 1.807) is 0 Å². The Bertz CT molecular complexity index is 821. The largest absolute Gasteiger partial charge is 0.460 e. The van der Waals surface area contributed by atoms with Crippen molar-refractivity contribution in [3.05, 3.63) is 12.2 Å². The zero-order valence-electron chi connectivity index (χ0n) is 24.1. The van der Waals surface area contributed by atoms with Crippen LogP contribution in [-0.4, -0.2) is 117 Å². The van der Waals surface area contributed by atoms with E-state index < -0.39 is 86.6 Å². The number of rotatable bonds is 18. The maximum Gasteiger partial charge on any atom is 0.333 e. The molecule has 2 fully saturated rings. The lowest BCUT2D eigenvalue weighted by atomic mass is 9.99. The molecule has 0 bridgehead atoms. The molecule has 0 radical (unpaired) electrons. The lowest BCUT2D eigenvalue weighted by Crippen LogP contribution is -2.62. The van der Waals surface area contributed by atoms with Crippen LogP contribution in [0.5, 0.6) is 0 Å². The van der Waals surface area contributed by atoms with Crippen LogP contribution in [0.4, 0.5) is 0 Å². The van der Waals surface area contributed by atoms with Crippen LogP contribution in [-0.2, 0) is 33.3 Å². The average Bonchev–Trinajstić information content (AvgIpc) is 3.18. The van der Waals surface area contributed by atoms with Crippen molar-refractivity contribution < 1.29 is 63.9 Å². The molecule has 2 heterocycles. The van der Waals surface area contributed by atoms with Crippen molar-refractivity contribution in [3.63, 3.8) is 0 Å². The fraction of sp³-hybridized carbons (Fsp3) is 0.857. The number of ether oxygens (including phenoxy) is 5. The van der Waals surface area contributed by atoms with Crippen molar-refractivity contribution in [1.82, 2.24) is 0 Å². The second-order valence-electron chi connectivity index (χ2n) is 10.8. The Balaban J connectivity index is 2.03. The highest BCUT2D eigenvalue weighted by atomic mass is 16.8. The van der Waals surface area contributed by atoms with E-state index >= 15 is 0 Å². The number of aliphatic hydroxyl groups excluding tert-OH is 6. The van der Waals surface area contributed by atoms with E-state index in [0.29, 0.717) is 6.42 Å². The van der Waals surface area contributed by atoms with Crippen molar-refractivity contribution in [3.8, 4) is 0 Å². The van der Waals surface area contributed by atoms with Gasteiger partial charge < -0.3 is 54.3 Å². The number of hydrogen-bond acceptors (Lipinski definition) is 13. The van der Waals surface area contributed by atoms with E-state index in [9.17, 15) is 40.2 Å². The summed E-state index contributed by atoms with van der Waals surface area (Å²) in [7, 11) is 0. The van der Waals surface area contributed by atoms with Crippen LogP contribution in [0, 0.1) is 0 Å². The minimum absolute atomic E-state index is 0.0876. The monoisotopic (exact) mass is 592 g/mol. The minimum Gasteiger partial charge on any atom is -0.460 e. The molecule has 13 heteroatoms. The van der Waals surface area contributed by atoms with Gasteiger partial charge in [0.2, 0.25) is 5.79 Å². The van der Waals surface area contributed by atoms with Crippen molar-refractivity contribution in [1.29, 1.82) is 0 Å². The Hall–Kier alpha value is -1.68. The highest BCUT2D eigenvalue weighted by molar-refractivity contribution is 5.86. The van der Waals surface area contributed by atoms with Crippen molar-refractivity contribution in [2.75, 3.05) is 19.8 Å². The first kappa shape index (κ1) is 35.5. The van der Waals surface area contributed by atoms with Crippen LogP contribution in [0.2, 0.25) is 0 Å². The molecule has 2 aliphatic rings. The zero-order valence-corrected chi connectivity index (χ0v) is 24.1. The normalized spacial score (nSPS) is 33.5. The Morgan fingerprint density at radius 3 is 2.02 bits per heavy atom. The van der Waals surface area contributed by atoms with Gasteiger partial charge >= 0.3 is 11.9 Å². The first-order valence-corrected chi connectivity index (χ1v) is 14.5. The Labute approximate surface area is 241 Å². The quantitative estimate of drug-likeness (QED) is 0.0717. The first-order chi connectivity index (χ1) is 19.5. The highest BCUT2D eigenvalue weighted by Gasteiger charge is 2.59. The second kappa shape index (κ2) is 17.4. The molecule has 0 unspecified atom stereocenters. The average molecular weight is 593 g/mol. The molecular weight excluding hydrogens is 544 g/mol. The summed E-state index contributed by atoms with van der Waals surface area (Å²) in [6, 6.07) is 0. The fourth-order valence-corrected chi connectivity index (χ4v) is 4.72. The lowest BCUT2D eigenvalue weighted by molar-refractivity contribution is -0.383. The summed E-state index contributed by atoms with van der Waals surface area (Å²) in [4.78, 5) is 24.4. The van der Waals surface area contributed by atoms with Gasteiger partial charge in [-0.3, -0.25) is 4.79 Å². The van der Waals surface area contributed by atoms with Crippen molar-refractivity contribution >= 4 is 11.9 Å². The molecule has 0 aliphatic carbocycles. The summed E-state index contributed by atoms with van der Waals surface area (Å²) >= 11 is 0. The number of esters is 2. The SMILES string of the molecule is C=C(C)C(=O)OC[C@H]1O[C@@](COC(=O)CCCCCCCCCCC)(O[C@H]2O[C@H](CO)[C@@H](O)[C@H](O)[C@H]2O)[C@@H](O)[C@@H]1O. The van der Waals surface area contributed by atoms with Gasteiger partial charge in [-0.05, 0) is 13.3 Å². The van der Waals surface area contributed by atoms with E-state index in [1.807, 2.05) is 0 Å². The van der Waals surface area contributed by atoms with Crippen LogP contribution >= 0.6 is 0 Å². The maximum atomic E-state index is 12.5. The third-order valence-electron chi connectivity index (χ3n) is 7.32. The molecule has 2 saturated heterocycles. The van der Waals surface area contributed by atoms with Gasteiger partial charge in [0.05, 0.1) is 6.61 Å². The molecule has 6 N–H and O–H groups in total.